The number of esters is 1. The van der Waals surface area contributed by atoms with E-state index in [0.29, 0.717) is 36.1 Å². The first-order valence-electron chi connectivity index (χ1n) is 9.94. The number of benzene rings is 2. The number of urea groups is 1. The van der Waals surface area contributed by atoms with Crippen LogP contribution in [0.1, 0.15) is 21.6 Å². The molecule has 1 aliphatic heterocycles. The standard InChI is InChI=1S/C23H21N3O6/c1-13-3-5-18-15(9-13)10-17(14(2)24-18)22(28)32-12-21(27)26-23(29)25-16-4-6-19-20(11-16)31-8-7-30-19/h3-6,9-11H,7-8,12H2,1-2H3,(H2,25,26,27,29). The smallest absolute Gasteiger partial charge is 0.340 e. The number of hydrogen-bond donors (Lipinski definition) is 2. The van der Waals surface area contributed by atoms with Crippen LogP contribution in [-0.2, 0) is 9.53 Å². The van der Waals surface area contributed by atoms with Crippen LogP contribution in [0.5, 0.6) is 11.5 Å². The van der Waals surface area contributed by atoms with E-state index in [-0.39, 0.29) is 5.56 Å². The highest BCUT2D eigenvalue weighted by Gasteiger charge is 2.17. The number of nitrogens with zero attached hydrogens (tertiary/aromatic N) is 1. The van der Waals surface area contributed by atoms with Gasteiger partial charge in [-0.2, -0.15) is 0 Å². The van der Waals surface area contributed by atoms with Crippen molar-refractivity contribution in [2.24, 2.45) is 0 Å². The lowest BCUT2D eigenvalue weighted by Gasteiger charge is -2.19. The Kier molecular flexibility index (Phi) is 5.89. The first-order valence-corrected chi connectivity index (χ1v) is 9.94. The van der Waals surface area contributed by atoms with Gasteiger partial charge in [0.2, 0.25) is 0 Å². The molecule has 1 aliphatic rings. The van der Waals surface area contributed by atoms with Gasteiger partial charge < -0.3 is 19.5 Å². The number of amides is 3. The van der Waals surface area contributed by atoms with Crippen molar-refractivity contribution in [3.8, 4) is 11.5 Å². The Hall–Kier alpha value is -4.14. The van der Waals surface area contributed by atoms with Crippen molar-refractivity contribution < 1.29 is 28.6 Å². The van der Waals surface area contributed by atoms with E-state index >= 15 is 0 Å². The molecule has 0 atom stereocenters. The predicted octanol–water partition coefficient (Wildman–Crippen LogP) is 3.13. The lowest BCUT2D eigenvalue weighted by molar-refractivity contribution is -0.123. The highest BCUT2D eigenvalue weighted by Crippen LogP contribution is 2.32. The monoisotopic (exact) mass is 435 g/mol. The number of aryl methyl sites for hydroxylation is 2. The zero-order valence-electron chi connectivity index (χ0n) is 17.6. The van der Waals surface area contributed by atoms with E-state index in [1.807, 2.05) is 25.1 Å². The fourth-order valence-corrected chi connectivity index (χ4v) is 3.25. The molecule has 2 aromatic carbocycles. The summed E-state index contributed by atoms with van der Waals surface area (Å²) in [7, 11) is 0. The van der Waals surface area contributed by atoms with E-state index in [1.54, 1.807) is 31.2 Å². The van der Waals surface area contributed by atoms with Crippen molar-refractivity contribution in [1.82, 2.24) is 10.3 Å². The number of ether oxygens (including phenoxy) is 3. The van der Waals surface area contributed by atoms with Gasteiger partial charge in [0.05, 0.1) is 16.8 Å². The van der Waals surface area contributed by atoms with Crippen molar-refractivity contribution in [1.29, 1.82) is 0 Å². The molecule has 0 fully saturated rings. The van der Waals surface area contributed by atoms with Crippen molar-refractivity contribution in [3.63, 3.8) is 0 Å². The summed E-state index contributed by atoms with van der Waals surface area (Å²) in [6.07, 6.45) is 0. The van der Waals surface area contributed by atoms with Gasteiger partial charge in [-0.25, -0.2) is 9.59 Å². The number of aromatic nitrogens is 1. The summed E-state index contributed by atoms with van der Waals surface area (Å²) >= 11 is 0. The molecule has 0 aliphatic carbocycles. The third-order valence-corrected chi connectivity index (χ3v) is 4.77. The molecule has 9 nitrogen and oxygen atoms in total. The number of fused-ring (bicyclic) bond motifs is 2. The van der Waals surface area contributed by atoms with Crippen LogP contribution < -0.4 is 20.1 Å². The van der Waals surface area contributed by atoms with E-state index in [2.05, 4.69) is 15.6 Å². The summed E-state index contributed by atoms with van der Waals surface area (Å²) in [6, 6.07) is 11.5. The van der Waals surface area contributed by atoms with E-state index in [1.165, 1.54) is 0 Å². The number of anilines is 1. The maximum absolute atomic E-state index is 12.4. The van der Waals surface area contributed by atoms with Crippen LogP contribution in [0, 0.1) is 13.8 Å². The summed E-state index contributed by atoms with van der Waals surface area (Å²) in [4.78, 5) is 41.0. The third kappa shape index (κ3) is 4.77. The van der Waals surface area contributed by atoms with E-state index in [0.717, 1.165) is 16.5 Å². The molecule has 0 unspecified atom stereocenters. The number of pyridine rings is 1. The number of nitrogens with one attached hydrogen (secondary N) is 2. The van der Waals surface area contributed by atoms with Gasteiger partial charge in [0, 0.05) is 17.1 Å². The minimum Gasteiger partial charge on any atom is -0.486 e. The molecule has 2 heterocycles. The summed E-state index contributed by atoms with van der Waals surface area (Å²) < 4.78 is 15.9. The van der Waals surface area contributed by atoms with Crippen LogP contribution in [0.25, 0.3) is 10.9 Å². The number of carbonyl (C=O) groups is 3. The number of rotatable bonds is 4. The molecular weight excluding hydrogens is 414 g/mol. The molecule has 32 heavy (non-hydrogen) atoms. The Bertz CT molecular complexity index is 1220. The largest absolute Gasteiger partial charge is 0.486 e. The zero-order chi connectivity index (χ0) is 22.7. The molecule has 0 spiro atoms. The quantitative estimate of drug-likeness (QED) is 0.605. The maximum Gasteiger partial charge on any atom is 0.340 e. The molecule has 3 aromatic rings. The van der Waals surface area contributed by atoms with Crippen molar-refractivity contribution in [2.45, 2.75) is 13.8 Å². The van der Waals surface area contributed by atoms with Gasteiger partial charge in [0.15, 0.2) is 18.1 Å². The summed E-state index contributed by atoms with van der Waals surface area (Å²) in [5, 5.41) is 5.43. The second kappa shape index (κ2) is 8.93. The van der Waals surface area contributed by atoms with E-state index in [4.69, 9.17) is 14.2 Å². The molecule has 1 aromatic heterocycles. The highest BCUT2D eigenvalue weighted by molar-refractivity contribution is 6.02. The Morgan fingerprint density at radius 2 is 1.78 bits per heavy atom. The van der Waals surface area contributed by atoms with Crippen molar-refractivity contribution in [2.75, 3.05) is 25.1 Å². The normalized spacial score (nSPS) is 12.2. The fraction of sp³-hybridized carbons (Fsp3) is 0.217. The summed E-state index contributed by atoms with van der Waals surface area (Å²) in [5.74, 6) is -0.376. The molecule has 164 valence electrons. The lowest BCUT2D eigenvalue weighted by Crippen LogP contribution is -2.37. The minimum absolute atomic E-state index is 0.261. The second-order valence-corrected chi connectivity index (χ2v) is 7.25. The Morgan fingerprint density at radius 1 is 1.00 bits per heavy atom. The highest BCUT2D eigenvalue weighted by atomic mass is 16.6. The lowest BCUT2D eigenvalue weighted by atomic mass is 10.1. The van der Waals surface area contributed by atoms with Crippen molar-refractivity contribution in [3.05, 3.63) is 59.3 Å². The topological polar surface area (TPSA) is 116 Å². The molecule has 0 saturated carbocycles. The molecule has 4 rings (SSSR count). The minimum atomic E-state index is -0.768. The average molecular weight is 435 g/mol. The average Bonchev–Trinajstić information content (AvgIpc) is 2.77. The Balaban J connectivity index is 1.32. The van der Waals surface area contributed by atoms with E-state index in [9.17, 15) is 14.4 Å². The maximum atomic E-state index is 12.4. The summed E-state index contributed by atoms with van der Waals surface area (Å²) in [5.41, 5.74) is 2.97. The number of imide groups is 1. The SMILES string of the molecule is Cc1ccc2nc(C)c(C(=O)OCC(=O)NC(=O)Nc3ccc4c(c3)OCCO4)cc2c1. The van der Waals surface area contributed by atoms with Crippen LogP contribution in [0.4, 0.5) is 10.5 Å². The molecular formula is C23H21N3O6. The Labute approximate surface area is 183 Å². The summed E-state index contributed by atoms with van der Waals surface area (Å²) in [6.45, 7) is 3.90. The Morgan fingerprint density at radius 3 is 2.59 bits per heavy atom. The molecule has 0 bridgehead atoms. The van der Waals surface area contributed by atoms with Crippen LogP contribution in [0.15, 0.2) is 42.5 Å². The number of hydrogen-bond acceptors (Lipinski definition) is 7. The van der Waals surface area contributed by atoms with Gasteiger partial charge >= 0.3 is 12.0 Å². The molecule has 0 saturated heterocycles. The zero-order valence-corrected chi connectivity index (χ0v) is 17.6. The van der Waals surface area contributed by atoms with Gasteiger partial charge in [0.1, 0.15) is 13.2 Å². The van der Waals surface area contributed by atoms with Gasteiger partial charge in [-0.05, 0) is 44.2 Å². The molecule has 2 N–H and O–H groups in total. The fourth-order valence-electron chi connectivity index (χ4n) is 3.25. The van der Waals surface area contributed by atoms with E-state index < -0.39 is 24.5 Å². The van der Waals surface area contributed by atoms with Gasteiger partial charge in [-0.15, -0.1) is 0 Å². The van der Waals surface area contributed by atoms with Crippen LogP contribution in [-0.4, -0.2) is 42.7 Å². The third-order valence-electron chi connectivity index (χ3n) is 4.77. The molecule has 9 heteroatoms. The second-order valence-electron chi connectivity index (χ2n) is 7.25. The number of carbonyl (C=O) groups excluding carboxylic acids is 3. The van der Waals surface area contributed by atoms with Crippen LogP contribution in [0.3, 0.4) is 0 Å². The van der Waals surface area contributed by atoms with Gasteiger partial charge in [0.25, 0.3) is 5.91 Å². The van der Waals surface area contributed by atoms with Crippen LogP contribution in [0.2, 0.25) is 0 Å². The molecule has 3 amide bonds. The van der Waals surface area contributed by atoms with Crippen LogP contribution >= 0.6 is 0 Å². The van der Waals surface area contributed by atoms with Gasteiger partial charge in [-0.1, -0.05) is 11.6 Å². The predicted molar refractivity (Wildman–Crippen MR) is 116 cm³/mol. The first-order chi connectivity index (χ1) is 15.4. The molecule has 0 radical (unpaired) electrons. The van der Waals surface area contributed by atoms with Crippen molar-refractivity contribution >= 4 is 34.5 Å². The first kappa shape index (κ1) is 21.1. The van der Waals surface area contributed by atoms with Gasteiger partial charge in [-0.3, -0.25) is 15.1 Å².